The van der Waals surface area contributed by atoms with Crippen molar-refractivity contribution >= 4 is 0 Å². The molecular formula is C12H11F3N2O. The van der Waals surface area contributed by atoms with Crippen LogP contribution >= 0.6 is 0 Å². The molecule has 1 atom stereocenters. The molecule has 0 fully saturated rings. The minimum absolute atomic E-state index is 0.251. The van der Waals surface area contributed by atoms with Crippen molar-refractivity contribution in [2.75, 3.05) is 0 Å². The molecule has 0 aliphatic heterocycles. The smallest absolute Gasteiger partial charge is 0.379 e. The van der Waals surface area contributed by atoms with E-state index in [4.69, 9.17) is 5.11 Å². The van der Waals surface area contributed by atoms with Crippen molar-refractivity contribution in [3.8, 4) is 0 Å². The molecule has 6 heteroatoms. The lowest BCUT2D eigenvalue weighted by atomic mass is 10.2. The Labute approximate surface area is 101 Å². The lowest BCUT2D eigenvalue weighted by Crippen LogP contribution is -2.19. The van der Waals surface area contributed by atoms with Gasteiger partial charge < -0.3 is 5.11 Å². The van der Waals surface area contributed by atoms with Crippen LogP contribution in [0.25, 0.3) is 0 Å². The normalized spacial score (nSPS) is 13.6. The summed E-state index contributed by atoms with van der Waals surface area (Å²) in [5.41, 5.74) is 0.673. The molecule has 1 aromatic carbocycles. The maximum absolute atomic E-state index is 12.3. The number of aliphatic hydroxyl groups is 1. The summed E-state index contributed by atoms with van der Waals surface area (Å²) in [6, 6.07) is 9.23. The zero-order chi connectivity index (χ0) is 13.2. The predicted octanol–water partition coefficient (Wildman–Crippen LogP) is 2.53. The second kappa shape index (κ2) is 4.81. The van der Waals surface area contributed by atoms with Crippen molar-refractivity contribution in [3.05, 3.63) is 53.9 Å². The highest BCUT2D eigenvalue weighted by atomic mass is 19.4. The fourth-order valence-electron chi connectivity index (χ4n) is 1.57. The summed E-state index contributed by atoms with van der Waals surface area (Å²) in [5.74, 6) is 0. The number of benzene rings is 1. The summed E-state index contributed by atoms with van der Waals surface area (Å²) in [6.07, 6.45) is -4.92. The number of hydrogen-bond acceptors (Lipinski definition) is 2. The second-order valence-electron chi connectivity index (χ2n) is 3.90. The number of rotatable bonds is 3. The number of aromatic nitrogens is 2. The number of hydrogen-bond donors (Lipinski definition) is 1. The Bertz CT molecular complexity index is 508. The van der Waals surface area contributed by atoms with E-state index in [0.717, 1.165) is 11.8 Å². The van der Waals surface area contributed by atoms with Crippen LogP contribution in [0.4, 0.5) is 13.2 Å². The zero-order valence-electron chi connectivity index (χ0n) is 9.30. The van der Waals surface area contributed by atoms with Crippen LogP contribution in [0.2, 0.25) is 0 Å². The molecule has 96 valence electrons. The fourth-order valence-corrected chi connectivity index (χ4v) is 1.57. The lowest BCUT2D eigenvalue weighted by molar-refractivity contribution is -0.206. The average molecular weight is 256 g/mol. The molecule has 0 amide bonds. The molecule has 0 bridgehead atoms. The first-order valence-corrected chi connectivity index (χ1v) is 5.28. The number of halogens is 3. The van der Waals surface area contributed by atoms with Gasteiger partial charge in [0.05, 0.1) is 12.7 Å². The van der Waals surface area contributed by atoms with Gasteiger partial charge in [-0.05, 0) is 5.56 Å². The quantitative estimate of drug-likeness (QED) is 0.916. The summed E-state index contributed by atoms with van der Waals surface area (Å²) in [4.78, 5) is 0. The van der Waals surface area contributed by atoms with Crippen LogP contribution in [0.1, 0.15) is 17.2 Å². The van der Waals surface area contributed by atoms with Gasteiger partial charge >= 0.3 is 6.18 Å². The summed E-state index contributed by atoms with van der Waals surface area (Å²) in [7, 11) is 0. The van der Waals surface area contributed by atoms with Gasteiger partial charge in [0, 0.05) is 11.8 Å². The maximum Gasteiger partial charge on any atom is 0.418 e. The standard InChI is InChI=1S/C12H11F3N2O/c13-12(14,15)11(18)10-6-16-17(8-10)7-9-4-2-1-3-5-9/h1-6,8,11,18H,7H2. The van der Waals surface area contributed by atoms with E-state index in [-0.39, 0.29) is 5.56 Å². The van der Waals surface area contributed by atoms with Crippen LogP contribution < -0.4 is 0 Å². The highest BCUT2D eigenvalue weighted by Crippen LogP contribution is 2.31. The second-order valence-corrected chi connectivity index (χ2v) is 3.90. The molecule has 2 aromatic rings. The highest BCUT2D eigenvalue weighted by Gasteiger charge is 2.40. The number of aliphatic hydroxyl groups excluding tert-OH is 1. The van der Waals surface area contributed by atoms with Crippen molar-refractivity contribution in [2.45, 2.75) is 18.8 Å². The van der Waals surface area contributed by atoms with Gasteiger partial charge in [-0.3, -0.25) is 4.68 Å². The molecule has 0 saturated carbocycles. The van der Waals surface area contributed by atoms with Crippen molar-refractivity contribution in [2.24, 2.45) is 0 Å². The Morgan fingerprint density at radius 2 is 1.89 bits per heavy atom. The molecule has 1 aromatic heterocycles. The fraction of sp³-hybridized carbons (Fsp3) is 0.250. The van der Waals surface area contributed by atoms with E-state index in [1.165, 1.54) is 10.9 Å². The maximum atomic E-state index is 12.3. The van der Waals surface area contributed by atoms with Crippen LogP contribution in [0.5, 0.6) is 0 Å². The Morgan fingerprint density at radius 3 is 2.50 bits per heavy atom. The topological polar surface area (TPSA) is 38.1 Å². The Morgan fingerprint density at radius 1 is 1.22 bits per heavy atom. The van der Waals surface area contributed by atoms with Gasteiger partial charge in [-0.25, -0.2) is 0 Å². The Balaban J connectivity index is 2.12. The molecule has 1 heterocycles. The van der Waals surface area contributed by atoms with Gasteiger partial charge in [0.25, 0.3) is 0 Å². The van der Waals surface area contributed by atoms with Gasteiger partial charge in [-0.1, -0.05) is 30.3 Å². The molecule has 0 spiro atoms. The van der Waals surface area contributed by atoms with E-state index in [9.17, 15) is 13.2 Å². The molecular weight excluding hydrogens is 245 g/mol. The Kier molecular flexibility index (Phi) is 3.38. The van der Waals surface area contributed by atoms with Gasteiger partial charge in [-0.15, -0.1) is 0 Å². The first kappa shape index (κ1) is 12.6. The van der Waals surface area contributed by atoms with Crippen molar-refractivity contribution in [3.63, 3.8) is 0 Å². The summed E-state index contributed by atoms with van der Waals surface area (Å²) in [5, 5.41) is 12.9. The van der Waals surface area contributed by atoms with Crippen molar-refractivity contribution in [1.29, 1.82) is 0 Å². The van der Waals surface area contributed by atoms with Gasteiger partial charge in [0.2, 0.25) is 0 Å². The van der Waals surface area contributed by atoms with Crippen LogP contribution in [-0.2, 0) is 6.54 Å². The monoisotopic (exact) mass is 256 g/mol. The van der Waals surface area contributed by atoms with Crippen LogP contribution in [0, 0.1) is 0 Å². The van der Waals surface area contributed by atoms with Gasteiger partial charge in [-0.2, -0.15) is 18.3 Å². The average Bonchev–Trinajstić information content (AvgIpc) is 2.76. The molecule has 0 aliphatic carbocycles. The van der Waals surface area contributed by atoms with Crippen molar-refractivity contribution < 1.29 is 18.3 Å². The minimum Gasteiger partial charge on any atom is -0.379 e. The lowest BCUT2D eigenvalue weighted by Gasteiger charge is -2.11. The SMILES string of the molecule is OC(c1cnn(Cc2ccccc2)c1)C(F)(F)F. The number of alkyl halides is 3. The molecule has 1 unspecified atom stereocenters. The summed E-state index contributed by atoms with van der Waals surface area (Å²) >= 11 is 0. The van der Waals surface area contributed by atoms with Gasteiger partial charge in [0.15, 0.2) is 6.10 Å². The van der Waals surface area contributed by atoms with E-state index in [2.05, 4.69) is 5.10 Å². The third-order valence-corrected chi connectivity index (χ3v) is 2.47. The molecule has 0 aliphatic rings. The third kappa shape index (κ3) is 2.89. The first-order chi connectivity index (χ1) is 8.47. The van der Waals surface area contributed by atoms with E-state index in [0.29, 0.717) is 6.54 Å². The number of nitrogens with zero attached hydrogens (tertiary/aromatic N) is 2. The molecule has 2 rings (SSSR count). The molecule has 18 heavy (non-hydrogen) atoms. The van der Waals surface area contributed by atoms with E-state index in [1.807, 2.05) is 30.3 Å². The van der Waals surface area contributed by atoms with E-state index >= 15 is 0 Å². The zero-order valence-corrected chi connectivity index (χ0v) is 9.30. The first-order valence-electron chi connectivity index (χ1n) is 5.28. The van der Waals surface area contributed by atoms with Crippen molar-refractivity contribution in [1.82, 2.24) is 9.78 Å². The molecule has 0 radical (unpaired) electrons. The largest absolute Gasteiger partial charge is 0.418 e. The van der Waals surface area contributed by atoms with Gasteiger partial charge in [0.1, 0.15) is 0 Å². The van der Waals surface area contributed by atoms with Crippen LogP contribution in [0.3, 0.4) is 0 Å². The molecule has 3 nitrogen and oxygen atoms in total. The summed E-state index contributed by atoms with van der Waals surface area (Å²) < 4.78 is 38.2. The Hall–Kier alpha value is -1.82. The third-order valence-electron chi connectivity index (χ3n) is 2.47. The highest BCUT2D eigenvalue weighted by molar-refractivity contribution is 5.16. The van der Waals surface area contributed by atoms with Crippen LogP contribution in [-0.4, -0.2) is 21.1 Å². The molecule has 0 saturated heterocycles. The van der Waals surface area contributed by atoms with E-state index < -0.39 is 12.3 Å². The van der Waals surface area contributed by atoms with Crippen LogP contribution in [0.15, 0.2) is 42.7 Å². The summed E-state index contributed by atoms with van der Waals surface area (Å²) in [6.45, 7) is 0.366. The molecule has 1 N–H and O–H groups in total. The van der Waals surface area contributed by atoms with E-state index in [1.54, 1.807) is 0 Å². The predicted molar refractivity (Wildman–Crippen MR) is 58.8 cm³/mol. The minimum atomic E-state index is -4.67.